The van der Waals surface area contributed by atoms with Crippen LogP contribution in [0.3, 0.4) is 0 Å². The number of benzene rings is 1. The predicted octanol–water partition coefficient (Wildman–Crippen LogP) is 2.80. The van der Waals surface area contributed by atoms with Crippen molar-refractivity contribution in [3.8, 4) is 11.5 Å². The molecule has 0 spiro atoms. The third kappa shape index (κ3) is 5.47. The Bertz CT molecular complexity index is 487. The van der Waals surface area contributed by atoms with E-state index in [1.54, 1.807) is 14.2 Å². The summed E-state index contributed by atoms with van der Waals surface area (Å²) in [5.41, 5.74) is 1.03. The van der Waals surface area contributed by atoms with Crippen molar-refractivity contribution in [2.45, 2.75) is 40.3 Å². The summed E-state index contributed by atoms with van der Waals surface area (Å²) in [4.78, 5) is 4.64. The molecule has 0 saturated carbocycles. The van der Waals surface area contributed by atoms with Gasteiger partial charge in [-0.1, -0.05) is 13.8 Å². The topological polar surface area (TPSA) is 54.9 Å². The van der Waals surface area contributed by atoms with Crippen LogP contribution in [0.25, 0.3) is 0 Å². The number of hydrogen-bond donors (Lipinski definition) is 2. The fraction of sp³-hybridized carbons (Fsp3) is 0.588. The Kier molecular flexibility index (Phi) is 7.57. The number of methoxy groups -OCH3 is 2. The van der Waals surface area contributed by atoms with Crippen LogP contribution in [0.1, 0.15) is 33.3 Å². The van der Waals surface area contributed by atoms with E-state index in [0.717, 1.165) is 29.6 Å². The minimum Gasteiger partial charge on any atom is -0.497 e. The molecule has 0 aliphatic heterocycles. The van der Waals surface area contributed by atoms with Crippen molar-refractivity contribution >= 4 is 5.96 Å². The van der Waals surface area contributed by atoms with Crippen LogP contribution in [0, 0.1) is 5.92 Å². The lowest BCUT2D eigenvalue weighted by atomic mass is 10.1. The van der Waals surface area contributed by atoms with Crippen LogP contribution in [0.5, 0.6) is 11.5 Å². The lowest BCUT2D eigenvalue weighted by Gasteiger charge is -2.20. The molecule has 1 unspecified atom stereocenters. The summed E-state index contributed by atoms with van der Waals surface area (Å²) in [6, 6.07) is 6.14. The minimum absolute atomic E-state index is 0.357. The van der Waals surface area contributed by atoms with Crippen molar-refractivity contribution in [1.82, 2.24) is 10.6 Å². The molecule has 1 atom stereocenters. The highest BCUT2D eigenvalue weighted by Crippen LogP contribution is 2.25. The Morgan fingerprint density at radius 1 is 1.18 bits per heavy atom. The third-order valence-corrected chi connectivity index (χ3v) is 3.61. The van der Waals surface area contributed by atoms with Crippen molar-refractivity contribution < 1.29 is 9.47 Å². The first-order valence-corrected chi connectivity index (χ1v) is 7.77. The van der Waals surface area contributed by atoms with Gasteiger partial charge in [0.1, 0.15) is 11.5 Å². The number of nitrogens with one attached hydrogen (secondary N) is 2. The van der Waals surface area contributed by atoms with Gasteiger partial charge in [0.15, 0.2) is 5.96 Å². The van der Waals surface area contributed by atoms with E-state index in [4.69, 9.17) is 9.47 Å². The molecule has 1 aromatic carbocycles. The molecule has 22 heavy (non-hydrogen) atoms. The number of nitrogens with zero attached hydrogens (tertiary/aromatic N) is 1. The first kappa shape index (κ1) is 18.1. The molecule has 2 N–H and O–H groups in total. The van der Waals surface area contributed by atoms with E-state index in [9.17, 15) is 0 Å². The highest BCUT2D eigenvalue weighted by Gasteiger charge is 2.09. The van der Waals surface area contributed by atoms with Crippen molar-refractivity contribution in [3.05, 3.63) is 23.8 Å². The largest absolute Gasteiger partial charge is 0.497 e. The summed E-state index contributed by atoms with van der Waals surface area (Å²) in [6.45, 7) is 9.97. The Morgan fingerprint density at radius 2 is 1.91 bits per heavy atom. The molecule has 0 radical (unpaired) electrons. The van der Waals surface area contributed by atoms with E-state index in [-0.39, 0.29) is 0 Å². The van der Waals surface area contributed by atoms with Crippen LogP contribution in [-0.2, 0) is 6.54 Å². The summed E-state index contributed by atoms with van der Waals surface area (Å²) in [5.74, 6) is 2.93. The van der Waals surface area contributed by atoms with Gasteiger partial charge < -0.3 is 20.1 Å². The number of ether oxygens (including phenoxy) is 2. The molecule has 0 aliphatic carbocycles. The van der Waals surface area contributed by atoms with E-state index in [2.05, 4.69) is 43.3 Å². The van der Waals surface area contributed by atoms with E-state index in [0.29, 0.717) is 18.5 Å². The maximum atomic E-state index is 5.41. The number of aliphatic imine (C=N–C) groups is 1. The average molecular weight is 307 g/mol. The van der Waals surface area contributed by atoms with Gasteiger partial charge in [0.25, 0.3) is 0 Å². The molecule has 0 aromatic heterocycles. The van der Waals surface area contributed by atoms with Crippen molar-refractivity contribution in [3.63, 3.8) is 0 Å². The lowest BCUT2D eigenvalue weighted by molar-refractivity contribution is 0.391. The highest BCUT2D eigenvalue weighted by molar-refractivity contribution is 5.80. The Balaban J connectivity index is 2.85. The summed E-state index contributed by atoms with van der Waals surface area (Å²) >= 11 is 0. The molecule has 0 bridgehead atoms. The summed E-state index contributed by atoms with van der Waals surface area (Å²) in [5, 5.41) is 6.69. The third-order valence-electron chi connectivity index (χ3n) is 3.61. The van der Waals surface area contributed by atoms with Crippen molar-refractivity contribution in [2.24, 2.45) is 10.9 Å². The number of guanidine groups is 1. The van der Waals surface area contributed by atoms with Crippen LogP contribution in [0.2, 0.25) is 0 Å². The lowest BCUT2D eigenvalue weighted by Crippen LogP contribution is -2.44. The van der Waals surface area contributed by atoms with Gasteiger partial charge in [0, 0.05) is 24.2 Å². The molecule has 0 amide bonds. The smallest absolute Gasteiger partial charge is 0.191 e. The fourth-order valence-electron chi connectivity index (χ4n) is 1.85. The molecule has 0 saturated heterocycles. The van der Waals surface area contributed by atoms with Gasteiger partial charge >= 0.3 is 0 Å². The molecule has 0 heterocycles. The van der Waals surface area contributed by atoms with E-state index < -0.39 is 0 Å². The van der Waals surface area contributed by atoms with Gasteiger partial charge in [-0.3, -0.25) is 0 Å². The number of hydrogen-bond acceptors (Lipinski definition) is 3. The maximum absolute atomic E-state index is 5.41. The molecule has 5 nitrogen and oxygen atoms in total. The van der Waals surface area contributed by atoms with E-state index in [1.165, 1.54) is 0 Å². The van der Waals surface area contributed by atoms with Crippen LogP contribution in [-0.4, -0.2) is 32.8 Å². The van der Waals surface area contributed by atoms with Crippen LogP contribution < -0.4 is 20.1 Å². The van der Waals surface area contributed by atoms with Crippen molar-refractivity contribution in [1.29, 1.82) is 0 Å². The number of rotatable bonds is 7. The first-order chi connectivity index (χ1) is 10.5. The van der Waals surface area contributed by atoms with E-state index >= 15 is 0 Å². The summed E-state index contributed by atoms with van der Waals surface area (Å²) in [7, 11) is 3.30. The van der Waals surface area contributed by atoms with E-state index in [1.807, 2.05) is 18.2 Å². The summed E-state index contributed by atoms with van der Waals surface area (Å²) in [6.07, 6.45) is 0. The Morgan fingerprint density at radius 3 is 2.45 bits per heavy atom. The van der Waals surface area contributed by atoms with Crippen LogP contribution in [0.15, 0.2) is 23.2 Å². The standard InChI is InChI=1S/C17H29N3O2/c1-7-18-17(20-13(4)12(2)3)19-11-14-8-9-15(21-5)10-16(14)22-6/h8-10,12-13H,7,11H2,1-6H3,(H2,18,19,20). The molecule has 0 aliphatic rings. The molecule has 5 heteroatoms. The SMILES string of the molecule is CCNC(=NCc1ccc(OC)cc1OC)NC(C)C(C)C. The van der Waals surface area contributed by atoms with Gasteiger partial charge in [0.05, 0.1) is 20.8 Å². The zero-order chi connectivity index (χ0) is 16.5. The van der Waals surface area contributed by atoms with Crippen LogP contribution in [0.4, 0.5) is 0 Å². The summed E-state index contributed by atoms with van der Waals surface area (Å²) < 4.78 is 10.6. The van der Waals surface area contributed by atoms with Gasteiger partial charge in [-0.15, -0.1) is 0 Å². The molecule has 0 fully saturated rings. The van der Waals surface area contributed by atoms with Gasteiger partial charge in [0.2, 0.25) is 0 Å². The second-order valence-corrected chi connectivity index (χ2v) is 5.55. The van der Waals surface area contributed by atoms with Gasteiger partial charge in [-0.05, 0) is 31.9 Å². The zero-order valence-corrected chi connectivity index (χ0v) is 14.6. The molecule has 1 aromatic rings. The predicted molar refractivity (Wildman–Crippen MR) is 91.8 cm³/mol. The van der Waals surface area contributed by atoms with Crippen molar-refractivity contribution in [2.75, 3.05) is 20.8 Å². The Hall–Kier alpha value is -1.91. The molecular weight excluding hydrogens is 278 g/mol. The van der Waals surface area contributed by atoms with Crippen LogP contribution >= 0.6 is 0 Å². The molecule has 1 rings (SSSR count). The quantitative estimate of drug-likeness (QED) is 0.601. The Labute approximate surface area is 134 Å². The fourth-order valence-corrected chi connectivity index (χ4v) is 1.85. The maximum Gasteiger partial charge on any atom is 0.191 e. The second kappa shape index (κ2) is 9.18. The van der Waals surface area contributed by atoms with Gasteiger partial charge in [-0.25, -0.2) is 4.99 Å². The monoisotopic (exact) mass is 307 g/mol. The minimum atomic E-state index is 0.357. The zero-order valence-electron chi connectivity index (χ0n) is 14.6. The van der Waals surface area contributed by atoms with Gasteiger partial charge in [-0.2, -0.15) is 0 Å². The normalized spacial score (nSPS) is 13.0. The highest BCUT2D eigenvalue weighted by atomic mass is 16.5. The molecule has 124 valence electrons. The second-order valence-electron chi connectivity index (χ2n) is 5.55. The average Bonchev–Trinajstić information content (AvgIpc) is 2.52. The first-order valence-electron chi connectivity index (χ1n) is 7.77. The molecular formula is C17H29N3O2.